The van der Waals surface area contributed by atoms with Crippen LogP contribution in [0.5, 0.6) is 0 Å². The predicted octanol–water partition coefficient (Wildman–Crippen LogP) is 3.04. The number of sulfone groups is 1. The topological polar surface area (TPSA) is 111 Å². The van der Waals surface area contributed by atoms with E-state index in [-0.39, 0.29) is 35.3 Å². The molecular weight excluding hydrogens is 514 g/mol. The Morgan fingerprint density at radius 2 is 1.59 bits per heavy atom. The molecule has 2 aromatic carbocycles. The van der Waals surface area contributed by atoms with Crippen molar-refractivity contribution >= 4 is 21.8 Å². The zero-order valence-electron chi connectivity index (χ0n) is 22.8. The Morgan fingerprint density at radius 3 is 2.23 bits per heavy atom. The molecule has 1 heterocycles. The van der Waals surface area contributed by atoms with Crippen molar-refractivity contribution in [3.8, 4) is 0 Å². The first-order valence-corrected chi connectivity index (χ1v) is 15.8. The number of rotatable bonds is 10. The van der Waals surface area contributed by atoms with Gasteiger partial charge in [-0.1, -0.05) is 61.7 Å². The van der Waals surface area contributed by atoms with Crippen molar-refractivity contribution in [3.63, 3.8) is 0 Å². The van der Waals surface area contributed by atoms with E-state index in [4.69, 9.17) is 0 Å². The summed E-state index contributed by atoms with van der Waals surface area (Å²) in [7, 11) is -3.25. The molecule has 0 radical (unpaired) electrons. The number of urea groups is 1. The number of nitrogens with zero attached hydrogens (tertiary/aromatic N) is 2. The number of hydrogen-bond acceptors (Lipinski definition) is 6. The molecule has 1 saturated carbocycles. The molecule has 2 aliphatic rings. The summed E-state index contributed by atoms with van der Waals surface area (Å²) in [4.78, 5) is 27.9. The van der Waals surface area contributed by atoms with Gasteiger partial charge in [-0.05, 0) is 42.5 Å². The first-order valence-electron chi connectivity index (χ1n) is 13.9. The van der Waals surface area contributed by atoms with Crippen LogP contribution in [0.3, 0.4) is 0 Å². The summed E-state index contributed by atoms with van der Waals surface area (Å²) < 4.78 is 23.2. The van der Waals surface area contributed by atoms with Gasteiger partial charge in [-0.3, -0.25) is 10.2 Å². The zero-order valence-corrected chi connectivity index (χ0v) is 23.6. The highest BCUT2D eigenvalue weighted by molar-refractivity contribution is 7.90. The fourth-order valence-corrected chi connectivity index (χ4v) is 5.92. The van der Waals surface area contributed by atoms with E-state index in [1.54, 1.807) is 12.1 Å². The maximum atomic E-state index is 12.8. The van der Waals surface area contributed by atoms with Crippen LogP contribution in [0.4, 0.5) is 4.79 Å². The Balaban J connectivity index is 1.21. The predicted molar refractivity (Wildman–Crippen MR) is 152 cm³/mol. The number of amides is 3. The van der Waals surface area contributed by atoms with Crippen LogP contribution in [-0.2, 0) is 21.1 Å². The molecule has 0 spiro atoms. The minimum Gasteiger partial charge on any atom is -0.335 e. The van der Waals surface area contributed by atoms with Gasteiger partial charge >= 0.3 is 6.03 Å². The number of benzene rings is 2. The van der Waals surface area contributed by atoms with Crippen molar-refractivity contribution < 1.29 is 18.0 Å². The third-order valence-corrected chi connectivity index (χ3v) is 8.68. The van der Waals surface area contributed by atoms with Crippen molar-refractivity contribution in [2.75, 3.05) is 39.0 Å². The van der Waals surface area contributed by atoms with E-state index in [0.717, 1.165) is 50.0 Å². The molecule has 1 saturated heterocycles. The standard InChI is InChI=1S/C29H41N5O4S/c1-39(37,38)26-14-12-23(13-15-26)22-28(35)32-34-20-18-33(19-21-34)17-16-27(24-8-4-2-5-9-24)31-29(36)30-25-10-6-3-7-11-25/h2,4-5,8-9,12-15,25,27H,3,6-7,10-11,16-22H2,1H3,(H,32,35)(H2,30,31,36)/t27-/m0/s1. The lowest BCUT2D eigenvalue weighted by atomic mass is 9.96. The van der Waals surface area contributed by atoms with Crippen LogP contribution in [-0.4, -0.2) is 75.3 Å². The smallest absolute Gasteiger partial charge is 0.315 e. The second kappa shape index (κ2) is 13.9. The number of carbonyl (C=O) groups is 2. The van der Waals surface area contributed by atoms with Gasteiger partial charge in [0, 0.05) is 45.0 Å². The fraction of sp³-hybridized carbons (Fsp3) is 0.517. The van der Waals surface area contributed by atoms with Crippen LogP contribution in [0.2, 0.25) is 0 Å². The van der Waals surface area contributed by atoms with E-state index in [9.17, 15) is 18.0 Å². The average Bonchev–Trinajstić information content (AvgIpc) is 2.92. The summed E-state index contributed by atoms with van der Waals surface area (Å²) in [6.45, 7) is 3.91. The Morgan fingerprint density at radius 1 is 0.923 bits per heavy atom. The zero-order chi connectivity index (χ0) is 27.7. The molecule has 2 aromatic rings. The Labute approximate surface area is 232 Å². The van der Waals surface area contributed by atoms with Crippen LogP contribution in [0, 0.1) is 0 Å². The van der Waals surface area contributed by atoms with E-state index in [2.05, 4.69) is 33.1 Å². The molecular formula is C29H41N5O4S. The van der Waals surface area contributed by atoms with Crippen molar-refractivity contribution in [2.24, 2.45) is 0 Å². The van der Waals surface area contributed by atoms with Crippen LogP contribution >= 0.6 is 0 Å². The van der Waals surface area contributed by atoms with Gasteiger partial charge in [0.05, 0.1) is 17.4 Å². The number of piperazine rings is 1. The molecule has 10 heteroatoms. The van der Waals surface area contributed by atoms with Crippen LogP contribution in [0.1, 0.15) is 55.7 Å². The molecule has 9 nitrogen and oxygen atoms in total. The van der Waals surface area contributed by atoms with Gasteiger partial charge in [-0.15, -0.1) is 0 Å². The van der Waals surface area contributed by atoms with E-state index < -0.39 is 9.84 Å². The highest BCUT2D eigenvalue weighted by Gasteiger charge is 2.22. The summed E-state index contributed by atoms with van der Waals surface area (Å²) >= 11 is 0. The molecule has 0 aromatic heterocycles. The summed E-state index contributed by atoms with van der Waals surface area (Å²) in [6, 6.07) is 16.7. The third kappa shape index (κ3) is 9.33. The van der Waals surface area contributed by atoms with Gasteiger partial charge in [0.1, 0.15) is 0 Å². The highest BCUT2D eigenvalue weighted by Crippen LogP contribution is 2.20. The van der Waals surface area contributed by atoms with Crippen LogP contribution in [0.25, 0.3) is 0 Å². The lowest BCUT2D eigenvalue weighted by molar-refractivity contribution is -0.126. The summed E-state index contributed by atoms with van der Waals surface area (Å²) in [5.74, 6) is -0.118. The summed E-state index contributed by atoms with van der Waals surface area (Å²) in [6.07, 6.45) is 7.89. The van der Waals surface area contributed by atoms with Gasteiger partial charge < -0.3 is 15.5 Å². The van der Waals surface area contributed by atoms with Crippen molar-refractivity contribution in [2.45, 2.75) is 61.9 Å². The van der Waals surface area contributed by atoms with E-state index in [1.165, 1.54) is 37.7 Å². The molecule has 3 amide bonds. The van der Waals surface area contributed by atoms with Gasteiger partial charge in [-0.2, -0.15) is 0 Å². The number of hydrazine groups is 1. The van der Waals surface area contributed by atoms with Gasteiger partial charge in [-0.25, -0.2) is 18.2 Å². The number of nitrogens with one attached hydrogen (secondary N) is 3. The molecule has 212 valence electrons. The molecule has 4 rings (SSSR count). The number of hydrogen-bond donors (Lipinski definition) is 3. The molecule has 2 fully saturated rings. The highest BCUT2D eigenvalue weighted by atomic mass is 32.2. The van der Waals surface area contributed by atoms with E-state index in [0.29, 0.717) is 13.1 Å². The largest absolute Gasteiger partial charge is 0.335 e. The maximum Gasteiger partial charge on any atom is 0.315 e. The Hall–Kier alpha value is -2.95. The molecule has 39 heavy (non-hydrogen) atoms. The lowest BCUT2D eigenvalue weighted by Crippen LogP contribution is -2.54. The second-order valence-corrected chi connectivity index (χ2v) is 12.7. The maximum absolute atomic E-state index is 12.8. The van der Waals surface area contributed by atoms with Crippen molar-refractivity contribution in [3.05, 3.63) is 65.7 Å². The molecule has 3 N–H and O–H groups in total. The first-order chi connectivity index (χ1) is 18.8. The lowest BCUT2D eigenvalue weighted by Gasteiger charge is -2.35. The first kappa shape index (κ1) is 29.0. The molecule has 1 aliphatic heterocycles. The Bertz CT molecular complexity index is 1180. The molecule has 1 aliphatic carbocycles. The van der Waals surface area contributed by atoms with Crippen molar-refractivity contribution in [1.82, 2.24) is 26.0 Å². The fourth-order valence-electron chi connectivity index (χ4n) is 5.29. The van der Waals surface area contributed by atoms with Crippen LogP contribution < -0.4 is 16.1 Å². The monoisotopic (exact) mass is 555 g/mol. The average molecular weight is 556 g/mol. The molecule has 0 unspecified atom stereocenters. The van der Waals surface area contributed by atoms with Crippen LogP contribution in [0.15, 0.2) is 59.5 Å². The van der Waals surface area contributed by atoms with E-state index in [1.807, 2.05) is 23.2 Å². The minimum atomic E-state index is -3.25. The summed E-state index contributed by atoms with van der Waals surface area (Å²) in [5, 5.41) is 8.32. The van der Waals surface area contributed by atoms with E-state index >= 15 is 0 Å². The summed E-state index contributed by atoms with van der Waals surface area (Å²) in [5.41, 5.74) is 4.84. The van der Waals surface area contributed by atoms with Gasteiger partial charge in [0.25, 0.3) is 0 Å². The second-order valence-electron chi connectivity index (χ2n) is 10.7. The third-order valence-electron chi connectivity index (χ3n) is 7.55. The number of carbonyl (C=O) groups excluding carboxylic acids is 2. The minimum absolute atomic E-state index is 0.0680. The Kier molecular flexibility index (Phi) is 10.4. The quantitative estimate of drug-likeness (QED) is 0.416. The molecule has 0 bridgehead atoms. The van der Waals surface area contributed by atoms with Gasteiger partial charge in [0.2, 0.25) is 5.91 Å². The van der Waals surface area contributed by atoms with Gasteiger partial charge in [0.15, 0.2) is 9.84 Å². The normalized spacial score (nSPS) is 18.3. The SMILES string of the molecule is CS(=O)(=O)c1ccc(CC(=O)NN2CCN(CC[C@H](NC(=O)NC3CCCCC3)c3ccccc3)CC2)cc1. The molecule has 1 atom stereocenters. The van der Waals surface area contributed by atoms with Crippen molar-refractivity contribution in [1.29, 1.82) is 0 Å².